The number of hydrogen-bond acceptors (Lipinski definition) is 2. The first-order chi connectivity index (χ1) is 8.56. The number of unbranched alkanes of at least 4 members (excludes halogenated alkanes) is 1. The van der Waals surface area contributed by atoms with Crippen molar-refractivity contribution in [2.24, 2.45) is 0 Å². The Morgan fingerprint density at radius 1 is 1.28 bits per heavy atom. The number of benzene rings is 1. The maximum absolute atomic E-state index is 12.1. The molecule has 0 unspecified atom stereocenters. The number of hydrogen-bond donors (Lipinski definition) is 1. The predicted molar refractivity (Wildman–Crippen MR) is 77.1 cm³/mol. The van der Waals surface area contributed by atoms with Gasteiger partial charge in [-0.15, -0.1) is 0 Å². The average molecular weight is 248 g/mol. The minimum atomic E-state index is 0.194. The number of nitrogens with zero attached hydrogens (tertiary/aromatic N) is 1. The molecular formula is C15H24N2O. The molecule has 0 saturated carbocycles. The van der Waals surface area contributed by atoms with Gasteiger partial charge in [0.1, 0.15) is 0 Å². The van der Waals surface area contributed by atoms with E-state index in [9.17, 15) is 4.79 Å². The van der Waals surface area contributed by atoms with Gasteiger partial charge in [0.15, 0.2) is 0 Å². The van der Waals surface area contributed by atoms with Crippen molar-refractivity contribution >= 4 is 11.6 Å². The van der Waals surface area contributed by atoms with Gasteiger partial charge in [0.05, 0.1) is 0 Å². The summed E-state index contributed by atoms with van der Waals surface area (Å²) in [6.07, 6.45) is 2.60. The monoisotopic (exact) mass is 248 g/mol. The Balaban J connectivity index is 2.60. The molecule has 0 aliphatic heterocycles. The second kappa shape index (κ2) is 7.17. The third-order valence-corrected chi connectivity index (χ3v) is 3.17. The van der Waals surface area contributed by atoms with E-state index >= 15 is 0 Å². The molecule has 0 heterocycles. The van der Waals surface area contributed by atoms with Crippen LogP contribution >= 0.6 is 0 Å². The zero-order chi connectivity index (χ0) is 13.5. The normalized spacial score (nSPS) is 10.4. The summed E-state index contributed by atoms with van der Waals surface area (Å²) in [6.45, 7) is 5.06. The van der Waals surface area contributed by atoms with E-state index in [4.69, 9.17) is 0 Å². The van der Waals surface area contributed by atoms with Crippen molar-refractivity contribution in [3.63, 3.8) is 0 Å². The number of rotatable bonds is 6. The van der Waals surface area contributed by atoms with Gasteiger partial charge >= 0.3 is 0 Å². The molecule has 3 nitrogen and oxygen atoms in total. The average Bonchev–Trinajstić information content (AvgIpc) is 2.36. The third kappa shape index (κ3) is 4.15. The Morgan fingerprint density at radius 3 is 2.67 bits per heavy atom. The molecule has 1 N–H and O–H groups in total. The fraction of sp³-hybridized carbons (Fsp3) is 0.533. The molecule has 0 aliphatic carbocycles. The third-order valence-electron chi connectivity index (χ3n) is 3.17. The van der Waals surface area contributed by atoms with Crippen LogP contribution in [0.5, 0.6) is 0 Å². The van der Waals surface area contributed by atoms with Crippen molar-refractivity contribution < 1.29 is 4.79 Å². The molecule has 3 heteroatoms. The predicted octanol–water partition coefficient (Wildman–Crippen LogP) is 2.66. The summed E-state index contributed by atoms with van der Waals surface area (Å²) in [5.41, 5.74) is 3.35. The van der Waals surface area contributed by atoms with Crippen LogP contribution in [0.1, 0.15) is 30.4 Å². The smallest absolute Gasteiger partial charge is 0.226 e. The zero-order valence-electron chi connectivity index (χ0n) is 11.9. The summed E-state index contributed by atoms with van der Waals surface area (Å²) in [6, 6.07) is 6.21. The molecule has 0 saturated heterocycles. The van der Waals surface area contributed by atoms with Gasteiger partial charge < -0.3 is 10.2 Å². The van der Waals surface area contributed by atoms with E-state index in [2.05, 4.69) is 23.5 Å². The molecule has 1 rings (SSSR count). The van der Waals surface area contributed by atoms with Crippen LogP contribution in [0.2, 0.25) is 0 Å². The summed E-state index contributed by atoms with van der Waals surface area (Å²) >= 11 is 0. The highest BCUT2D eigenvalue weighted by Crippen LogP contribution is 2.21. The number of carbonyl (C=O) groups is 1. The molecule has 0 aromatic heterocycles. The highest BCUT2D eigenvalue weighted by atomic mass is 16.2. The van der Waals surface area contributed by atoms with Crippen molar-refractivity contribution in [3.8, 4) is 0 Å². The SMILES string of the molecule is CNCCCCC(=O)N(C)c1cc(C)ccc1C. The topological polar surface area (TPSA) is 32.3 Å². The van der Waals surface area contributed by atoms with Crippen LogP contribution in [0.3, 0.4) is 0 Å². The number of carbonyl (C=O) groups excluding carboxylic acids is 1. The van der Waals surface area contributed by atoms with Crippen LogP contribution in [-0.4, -0.2) is 26.5 Å². The second-order valence-corrected chi connectivity index (χ2v) is 4.80. The largest absolute Gasteiger partial charge is 0.320 e. The van der Waals surface area contributed by atoms with Gasteiger partial charge in [-0.05, 0) is 57.5 Å². The van der Waals surface area contributed by atoms with Crippen LogP contribution < -0.4 is 10.2 Å². The van der Waals surface area contributed by atoms with E-state index in [1.165, 1.54) is 5.56 Å². The highest BCUT2D eigenvalue weighted by Gasteiger charge is 2.12. The van der Waals surface area contributed by atoms with E-state index in [0.29, 0.717) is 6.42 Å². The van der Waals surface area contributed by atoms with Gasteiger partial charge in [-0.25, -0.2) is 0 Å². The standard InChI is InChI=1S/C15H24N2O/c1-12-8-9-13(2)14(11-12)17(4)15(18)7-5-6-10-16-3/h8-9,11,16H,5-7,10H2,1-4H3. The van der Waals surface area contributed by atoms with Crippen LogP contribution in [-0.2, 0) is 4.79 Å². The lowest BCUT2D eigenvalue weighted by Crippen LogP contribution is -2.26. The van der Waals surface area contributed by atoms with Gasteiger partial charge in [-0.1, -0.05) is 12.1 Å². The Bertz CT molecular complexity index is 401. The van der Waals surface area contributed by atoms with E-state index in [-0.39, 0.29) is 5.91 Å². The van der Waals surface area contributed by atoms with Gasteiger partial charge in [0, 0.05) is 19.2 Å². The fourth-order valence-electron chi connectivity index (χ4n) is 1.96. The Labute approximate surface area is 110 Å². The first-order valence-corrected chi connectivity index (χ1v) is 6.54. The van der Waals surface area contributed by atoms with Crippen molar-refractivity contribution in [1.29, 1.82) is 0 Å². The van der Waals surface area contributed by atoms with Crippen LogP contribution in [0, 0.1) is 13.8 Å². The Hall–Kier alpha value is -1.35. The first-order valence-electron chi connectivity index (χ1n) is 6.54. The minimum absolute atomic E-state index is 0.194. The molecule has 0 aliphatic rings. The second-order valence-electron chi connectivity index (χ2n) is 4.80. The number of aryl methyl sites for hydroxylation is 2. The quantitative estimate of drug-likeness (QED) is 0.785. The molecule has 100 valence electrons. The van der Waals surface area contributed by atoms with Crippen LogP contribution in [0.15, 0.2) is 18.2 Å². The summed E-state index contributed by atoms with van der Waals surface area (Å²) in [5.74, 6) is 0.194. The highest BCUT2D eigenvalue weighted by molar-refractivity contribution is 5.93. The molecule has 0 fully saturated rings. The first kappa shape index (κ1) is 14.7. The van der Waals surface area contributed by atoms with Crippen molar-refractivity contribution in [2.75, 3.05) is 25.5 Å². The van der Waals surface area contributed by atoms with E-state index in [0.717, 1.165) is 30.6 Å². The molecule has 0 radical (unpaired) electrons. The summed E-state index contributed by atoms with van der Waals surface area (Å²) < 4.78 is 0. The minimum Gasteiger partial charge on any atom is -0.320 e. The molecular weight excluding hydrogens is 224 g/mol. The van der Waals surface area contributed by atoms with Crippen molar-refractivity contribution in [3.05, 3.63) is 29.3 Å². The van der Waals surface area contributed by atoms with Crippen LogP contribution in [0.25, 0.3) is 0 Å². The lowest BCUT2D eigenvalue weighted by Gasteiger charge is -2.20. The Morgan fingerprint density at radius 2 is 2.00 bits per heavy atom. The van der Waals surface area contributed by atoms with E-state index in [1.54, 1.807) is 4.90 Å². The lowest BCUT2D eigenvalue weighted by atomic mass is 10.1. The Kier molecular flexibility index (Phi) is 5.86. The summed E-state index contributed by atoms with van der Waals surface area (Å²) in [7, 11) is 3.80. The maximum atomic E-state index is 12.1. The molecule has 18 heavy (non-hydrogen) atoms. The summed E-state index contributed by atoms with van der Waals surface area (Å²) in [5, 5.41) is 3.09. The van der Waals surface area contributed by atoms with Gasteiger partial charge in [-0.2, -0.15) is 0 Å². The van der Waals surface area contributed by atoms with E-state index < -0.39 is 0 Å². The van der Waals surface area contributed by atoms with E-state index in [1.807, 2.05) is 27.9 Å². The number of anilines is 1. The maximum Gasteiger partial charge on any atom is 0.226 e. The molecule has 0 atom stereocenters. The summed E-state index contributed by atoms with van der Waals surface area (Å²) in [4.78, 5) is 13.9. The number of amides is 1. The molecule has 0 bridgehead atoms. The lowest BCUT2D eigenvalue weighted by molar-refractivity contribution is -0.118. The van der Waals surface area contributed by atoms with Gasteiger partial charge in [-0.3, -0.25) is 4.79 Å². The molecule has 1 aromatic rings. The van der Waals surface area contributed by atoms with Crippen molar-refractivity contribution in [2.45, 2.75) is 33.1 Å². The molecule has 1 amide bonds. The zero-order valence-corrected chi connectivity index (χ0v) is 11.9. The van der Waals surface area contributed by atoms with Crippen molar-refractivity contribution in [1.82, 2.24) is 5.32 Å². The molecule has 0 spiro atoms. The van der Waals surface area contributed by atoms with Gasteiger partial charge in [0.25, 0.3) is 0 Å². The van der Waals surface area contributed by atoms with Crippen LogP contribution in [0.4, 0.5) is 5.69 Å². The fourth-order valence-corrected chi connectivity index (χ4v) is 1.96. The number of nitrogens with one attached hydrogen (secondary N) is 1. The van der Waals surface area contributed by atoms with Gasteiger partial charge in [0.2, 0.25) is 5.91 Å². The molecule has 1 aromatic carbocycles.